The number of hydrogen-bond donors (Lipinski definition) is 0. The molecule has 1 aromatic heterocycles. The number of hydrogen-bond acceptors (Lipinski definition) is 4. The van der Waals surface area contributed by atoms with E-state index in [2.05, 4.69) is 21.9 Å². The van der Waals surface area contributed by atoms with Crippen LogP contribution in [-0.4, -0.2) is 62.7 Å². The van der Waals surface area contributed by atoms with Gasteiger partial charge in [0.05, 0.1) is 6.04 Å². The molecule has 0 aliphatic carbocycles. The Bertz CT molecular complexity index is 549. The number of aromatic nitrogens is 3. The van der Waals surface area contributed by atoms with Gasteiger partial charge in [-0.05, 0) is 58.9 Å². The van der Waals surface area contributed by atoms with Crippen LogP contribution in [0, 0.1) is 19.8 Å². The molecule has 0 N–H and O–H groups in total. The minimum Gasteiger partial charge on any atom is -0.341 e. The molecule has 0 spiro atoms. The lowest BCUT2D eigenvalue weighted by molar-refractivity contribution is -0.136. The van der Waals surface area contributed by atoms with Crippen LogP contribution in [0.2, 0.25) is 0 Å². The maximum absolute atomic E-state index is 12.6. The Balaban J connectivity index is 1.59. The Labute approximate surface area is 138 Å². The Morgan fingerprint density at radius 1 is 1.22 bits per heavy atom. The number of amides is 1. The van der Waals surface area contributed by atoms with E-state index in [1.807, 2.05) is 23.4 Å². The Morgan fingerprint density at radius 2 is 1.96 bits per heavy atom. The lowest BCUT2D eigenvalue weighted by atomic mass is 9.96. The molecule has 2 aliphatic heterocycles. The SMILES string of the molecule is Cc1nc(C)n(C[C@@H]2CCCN([C@H](C)C(=O)N3CCCC3)C2)n1. The molecule has 128 valence electrons. The fourth-order valence-electron chi connectivity index (χ4n) is 3.93. The molecular weight excluding hydrogens is 290 g/mol. The van der Waals surface area contributed by atoms with Crippen molar-refractivity contribution in [1.82, 2.24) is 24.6 Å². The summed E-state index contributed by atoms with van der Waals surface area (Å²) >= 11 is 0. The number of nitrogens with zero attached hydrogens (tertiary/aromatic N) is 5. The molecule has 1 aromatic rings. The molecule has 1 amide bonds. The van der Waals surface area contributed by atoms with Gasteiger partial charge >= 0.3 is 0 Å². The van der Waals surface area contributed by atoms with Crippen LogP contribution < -0.4 is 0 Å². The molecule has 2 fully saturated rings. The van der Waals surface area contributed by atoms with E-state index in [-0.39, 0.29) is 6.04 Å². The lowest BCUT2D eigenvalue weighted by Crippen LogP contribution is -2.50. The van der Waals surface area contributed by atoms with Crippen molar-refractivity contribution in [2.75, 3.05) is 26.2 Å². The number of likely N-dealkylation sites (tertiary alicyclic amines) is 2. The fourth-order valence-corrected chi connectivity index (χ4v) is 3.93. The first-order chi connectivity index (χ1) is 11.0. The van der Waals surface area contributed by atoms with Crippen LogP contribution in [0.3, 0.4) is 0 Å². The van der Waals surface area contributed by atoms with Gasteiger partial charge in [-0.3, -0.25) is 9.69 Å². The van der Waals surface area contributed by atoms with E-state index in [1.165, 1.54) is 6.42 Å². The summed E-state index contributed by atoms with van der Waals surface area (Å²) < 4.78 is 2.02. The van der Waals surface area contributed by atoms with Crippen LogP contribution in [0.1, 0.15) is 44.3 Å². The first kappa shape index (κ1) is 16.4. The molecule has 23 heavy (non-hydrogen) atoms. The van der Waals surface area contributed by atoms with E-state index in [1.54, 1.807) is 0 Å². The van der Waals surface area contributed by atoms with Gasteiger partial charge in [-0.15, -0.1) is 0 Å². The molecule has 2 aliphatic rings. The van der Waals surface area contributed by atoms with Gasteiger partial charge in [-0.25, -0.2) is 9.67 Å². The average molecular weight is 319 g/mol. The molecule has 2 atom stereocenters. The van der Waals surface area contributed by atoms with E-state index in [0.29, 0.717) is 11.8 Å². The summed E-state index contributed by atoms with van der Waals surface area (Å²) in [4.78, 5) is 21.4. The van der Waals surface area contributed by atoms with Crippen LogP contribution in [0.25, 0.3) is 0 Å². The highest BCUT2D eigenvalue weighted by atomic mass is 16.2. The second-order valence-corrected chi connectivity index (χ2v) is 7.10. The summed E-state index contributed by atoms with van der Waals surface area (Å²) in [7, 11) is 0. The van der Waals surface area contributed by atoms with E-state index >= 15 is 0 Å². The predicted molar refractivity (Wildman–Crippen MR) is 89.1 cm³/mol. The fraction of sp³-hybridized carbons (Fsp3) is 0.824. The van der Waals surface area contributed by atoms with Crippen molar-refractivity contribution in [2.45, 2.75) is 59.0 Å². The van der Waals surface area contributed by atoms with E-state index < -0.39 is 0 Å². The van der Waals surface area contributed by atoms with Gasteiger partial charge in [0.15, 0.2) is 0 Å². The molecule has 0 bridgehead atoms. The minimum absolute atomic E-state index is 0.00878. The number of rotatable bonds is 4. The number of carbonyl (C=O) groups excluding carboxylic acids is 1. The molecule has 6 heteroatoms. The van der Waals surface area contributed by atoms with Gasteiger partial charge in [0.25, 0.3) is 0 Å². The first-order valence-electron chi connectivity index (χ1n) is 8.95. The molecular formula is C17H29N5O. The van der Waals surface area contributed by atoms with Crippen LogP contribution in [0.4, 0.5) is 0 Å². The molecule has 3 rings (SSSR count). The van der Waals surface area contributed by atoms with Crippen molar-refractivity contribution in [3.05, 3.63) is 11.6 Å². The second kappa shape index (κ2) is 6.99. The molecule has 2 saturated heterocycles. The standard InChI is InChI=1S/C17H29N5O/c1-13(17(23)20-8-4-5-9-20)21-10-6-7-16(11-21)12-22-15(3)18-14(2)19-22/h13,16H,4-12H2,1-3H3/t13-,16-/m1/s1. The summed E-state index contributed by atoms with van der Waals surface area (Å²) in [6, 6.07) is 0.00878. The highest BCUT2D eigenvalue weighted by Gasteiger charge is 2.31. The zero-order valence-electron chi connectivity index (χ0n) is 14.7. The molecule has 0 aromatic carbocycles. The minimum atomic E-state index is 0.00878. The summed E-state index contributed by atoms with van der Waals surface area (Å²) in [6.07, 6.45) is 4.69. The van der Waals surface area contributed by atoms with Crippen LogP contribution in [-0.2, 0) is 11.3 Å². The molecule has 0 unspecified atom stereocenters. The van der Waals surface area contributed by atoms with Crippen LogP contribution >= 0.6 is 0 Å². The second-order valence-electron chi connectivity index (χ2n) is 7.10. The van der Waals surface area contributed by atoms with Crippen molar-refractivity contribution >= 4 is 5.91 Å². The van der Waals surface area contributed by atoms with E-state index in [4.69, 9.17) is 0 Å². The topological polar surface area (TPSA) is 54.3 Å². The van der Waals surface area contributed by atoms with E-state index in [0.717, 1.165) is 63.6 Å². The number of piperidine rings is 1. The molecule has 0 saturated carbocycles. The van der Waals surface area contributed by atoms with Crippen molar-refractivity contribution in [2.24, 2.45) is 5.92 Å². The van der Waals surface area contributed by atoms with Gasteiger partial charge in [0.2, 0.25) is 5.91 Å². The monoisotopic (exact) mass is 319 g/mol. The number of aryl methyl sites for hydroxylation is 2. The molecule has 6 nitrogen and oxygen atoms in total. The summed E-state index contributed by atoms with van der Waals surface area (Å²) in [5, 5.41) is 4.48. The molecule has 0 radical (unpaired) electrons. The first-order valence-corrected chi connectivity index (χ1v) is 8.95. The summed E-state index contributed by atoms with van der Waals surface area (Å²) in [5.74, 6) is 2.70. The van der Waals surface area contributed by atoms with Gasteiger partial charge in [0, 0.05) is 26.2 Å². The largest absolute Gasteiger partial charge is 0.341 e. The molecule has 3 heterocycles. The van der Waals surface area contributed by atoms with Crippen molar-refractivity contribution in [3.8, 4) is 0 Å². The van der Waals surface area contributed by atoms with Gasteiger partial charge in [-0.2, -0.15) is 5.10 Å². The lowest BCUT2D eigenvalue weighted by Gasteiger charge is -2.37. The highest BCUT2D eigenvalue weighted by Crippen LogP contribution is 2.22. The maximum atomic E-state index is 12.6. The third kappa shape index (κ3) is 3.74. The van der Waals surface area contributed by atoms with Crippen LogP contribution in [0.15, 0.2) is 0 Å². The Morgan fingerprint density at radius 3 is 2.61 bits per heavy atom. The zero-order valence-corrected chi connectivity index (χ0v) is 14.7. The highest BCUT2D eigenvalue weighted by molar-refractivity contribution is 5.81. The van der Waals surface area contributed by atoms with Gasteiger partial charge in [-0.1, -0.05) is 0 Å². The van der Waals surface area contributed by atoms with Crippen LogP contribution in [0.5, 0.6) is 0 Å². The Hall–Kier alpha value is -1.43. The van der Waals surface area contributed by atoms with E-state index in [9.17, 15) is 4.79 Å². The smallest absolute Gasteiger partial charge is 0.239 e. The average Bonchev–Trinajstić information content (AvgIpc) is 3.16. The predicted octanol–water partition coefficient (Wildman–Crippen LogP) is 1.62. The summed E-state index contributed by atoms with van der Waals surface area (Å²) in [5.41, 5.74) is 0. The normalized spacial score (nSPS) is 24.1. The third-order valence-electron chi connectivity index (χ3n) is 5.27. The number of carbonyl (C=O) groups is 1. The van der Waals surface area contributed by atoms with Crippen molar-refractivity contribution in [3.63, 3.8) is 0 Å². The zero-order chi connectivity index (χ0) is 16.4. The summed E-state index contributed by atoms with van der Waals surface area (Å²) in [6.45, 7) is 10.8. The van der Waals surface area contributed by atoms with Crippen molar-refractivity contribution in [1.29, 1.82) is 0 Å². The quantitative estimate of drug-likeness (QED) is 0.846. The van der Waals surface area contributed by atoms with Gasteiger partial charge < -0.3 is 4.90 Å². The van der Waals surface area contributed by atoms with Gasteiger partial charge in [0.1, 0.15) is 11.6 Å². The van der Waals surface area contributed by atoms with Crippen molar-refractivity contribution < 1.29 is 4.79 Å². The third-order valence-corrected chi connectivity index (χ3v) is 5.27. The maximum Gasteiger partial charge on any atom is 0.239 e. The Kier molecular flexibility index (Phi) is 4.99.